The lowest BCUT2D eigenvalue weighted by atomic mass is 10.1. The minimum absolute atomic E-state index is 0.208. The third-order valence-corrected chi connectivity index (χ3v) is 4.88. The highest BCUT2D eigenvalue weighted by atomic mass is 35.5. The molecule has 0 aliphatic heterocycles. The van der Waals surface area contributed by atoms with Gasteiger partial charge in [0.25, 0.3) is 0 Å². The van der Waals surface area contributed by atoms with E-state index in [1.807, 2.05) is 60.7 Å². The van der Waals surface area contributed by atoms with Crippen molar-refractivity contribution in [2.75, 3.05) is 13.2 Å². The predicted octanol–water partition coefficient (Wildman–Crippen LogP) is 6.35. The SMILES string of the molecule is O=c1c(OCCCCOc2ccccc2)c(-c2ccccc2)oc2ccc(Cl)cc12. The van der Waals surface area contributed by atoms with Gasteiger partial charge in [-0.1, -0.05) is 60.1 Å². The molecule has 4 rings (SSSR count). The molecule has 4 aromatic rings. The van der Waals surface area contributed by atoms with Crippen molar-refractivity contribution in [1.82, 2.24) is 0 Å². The van der Waals surface area contributed by atoms with E-state index in [9.17, 15) is 4.79 Å². The molecule has 0 radical (unpaired) electrons. The van der Waals surface area contributed by atoms with E-state index in [-0.39, 0.29) is 11.2 Å². The van der Waals surface area contributed by atoms with E-state index < -0.39 is 0 Å². The summed E-state index contributed by atoms with van der Waals surface area (Å²) in [7, 11) is 0. The smallest absolute Gasteiger partial charge is 0.235 e. The first-order chi connectivity index (χ1) is 14.7. The van der Waals surface area contributed by atoms with Crippen LogP contribution in [0.15, 0.2) is 88.1 Å². The number of unbranched alkanes of at least 4 members (excludes halogenated alkanes) is 1. The first-order valence-electron chi connectivity index (χ1n) is 9.85. The first kappa shape index (κ1) is 20.0. The van der Waals surface area contributed by atoms with Crippen LogP contribution in [-0.2, 0) is 0 Å². The Labute approximate surface area is 179 Å². The molecule has 3 aromatic carbocycles. The minimum atomic E-state index is -0.224. The lowest BCUT2D eigenvalue weighted by Gasteiger charge is -2.12. The molecule has 1 heterocycles. The lowest BCUT2D eigenvalue weighted by molar-refractivity contribution is 0.263. The summed E-state index contributed by atoms with van der Waals surface area (Å²) >= 11 is 6.08. The van der Waals surface area contributed by atoms with Gasteiger partial charge in [-0.25, -0.2) is 0 Å². The van der Waals surface area contributed by atoms with Crippen molar-refractivity contribution < 1.29 is 13.9 Å². The fourth-order valence-corrected chi connectivity index (χ4v) is 3.32. The third-order valence-electron chi connectivity index (χ3n) is 4.64. The van der Waals surface area contributed by atoms with Crippen molar-refractivity contribution in [3.05, 3.63) is 94.1 Å². The van der Waals surface area contributed by atoms with Crippen LogP contribution in [0.5, 0.6) is 11.5 Å². The second-order valence-electron chi connectivity index (χ2n) is 6.81. The highest BCUT2D eigenvalue weighted by Gasteiger charge is 2.17. The molecule has 152 valence electrons. The molecular weight excluding hydrogens is 400 g/mol. The van der Waals surface area contributed by atoms with Crippen LogP contribution in [0, 0.1) is 0 Å². The topological polar surface area (TPSA) is 48.7 Å². The molecule has 4 nitrogen and oxygen atoms in total. The maximum Gasteiger partial charge on any atom is 0.235 e. The van der Waals surface area contributed by atoms with Crippen LogP contribution < -0.4 is 14.9 Å². The summed E-state index contributed by atoms with van der Waals surface area (Å²) < 4.78 is 17.7. The summed E-state index contributed by atoms with van der Waals surface area (Å²) in [4.78, 5) is 13.1. The average Bonchev–Trinajstić information content (AvgIpc) is 2.79. The van der Waals surface area contributed by atoms with Crippen LogP contribution in [0.25, 0.3) is 22.3 Å². The molecule has 0 saturated carbocycles. The summed E-state index contributed by atoms with van der Waals surface area (Å²) in [6, 6.07) is 24.2. The summed E-state index contributed by atoms with van der Waals surface area (Å²) in [6.45, 7) is 0.968. The molecule has 0 unspecified atom stereocenters. The predicted molar refractivity (Wildman–Crippen MR) is 120 cm³/mol. The van der Waals surface area contributed by atoms with Gasteiger partial charge in [-0.2, -0.15) is 0 Å². The molecule has 0 saturated heterocycles. The fourth-order valence-electron chi connectivity index (χ4n) is 3.15. The van der Waals surface area contributed by atoms with Gasteiger partial charge < -0.3 is 13.9 Å². The second-order valence-corrected chi connectivity index (χ2v) is 7.25. The van der Waals surface area contributed by atoms with Gasteiger partial charge in [0.15, 0.2) is 5.76 Å². The molecule has 0 N–H and O–H groups in total. The molecule has 0 aliphatic rings. The highest BCUT2D eigenvalue weighted by Crippen LogP contribution is 2.31. The van der Waals surface area contributed by atoms with Gasteiger partial charge in [-0.15, -0.1) is 0 Å². The number of fused-ring (bicyclic) bond motifs is 1. The summed E-state index contributed by atoms with van der Waals surface area (Å²) in [5.74, 6) is 1.48. The number of benzene rings is 3. The first-order valence-corrected chi connectivity index (χ1v) is 10.2. The van der Waals surface area contributed by atoms with E-state index in [4.69, 9.17) is 25.5 Å². The van der Waals surface area contributed by atoms with Gasteiger partial charge in [-0.05, 0) is 43.2 Å². The number of ether oxygens (including phenoxy) is 2. The maximum absolute atomic E-state index is 13.1. The molecule has 0 atom stereocenters. The third kappa shape index (κ3) is 4.66. The summed E-state index contributed by atoms with van der Waals surface area (Å²) in [5, 5.41) is 0.885. The Bertz CT molecular complexity index is 1170. The van der Waals surface area contributed by atoms with Crippen LogP contribution in [0.1, 0.15) is 12.8 Å². The molecule has 0 aliphatic carbocycles. The van der Waals surface area contributed by atoms with E-state index in [0.717, 1.165) is 24.2 Å². The van der Waals surface area contributed by atoms with Crippen LogP contribution in [0.2, 0.25) is 5.02 Å². The Morgan fingerprint density at radius 1 is 0.800 bits per heavy atom. The number of para-hydroxylation sites is 1. The van der Waals surface area contributed by atoms with E-state index in [0.29, 0.717) is 35.0 Å². The van der Waals surface area contributed by atoms with Gasteiger partial charge in [0, 0.05) is 10.6 Å². The number of rotatable bonds is 8. The van der Waals surface area contributed by atoms with Crippen molar-refractivity contribution in [1.29, 1.82) is 0 Å². The Hall–Kier alpha value is -3.24. The van der Waals surface area contributed by atoms with Gasteiger partial charge in [0.2, 0.25) is 11.2 Å². The van der Waals surface area contributed by atoms with E-state index in [1.165, 1.54) is 0 Å². The van der Waals surface area contributed by atoms with Gasteiger partial charge >= 0.3 is 0 Å². The van der Waals surface area contributed by atoms with Crippen LogP contribution in [0.4, 0.5) is 0 Å². The molecule has 30 heavy (non-hydrogen) atoms. The van der Waals surface area contributed by atoms with E-state index >= 15 is 0 Å². The zero-order valence-corrected chi connectivity index (χ0v) is 17.1. The lowest BCUT2D eigenvalue weighted by Crippen LogP contribution is -2.12. The van der Waals surface area contributed by atoms with Gasteiger partial charge in [-0.3, -0.25) is 4.79 Å². The zero-order valence-electron chi connectivity index (χ0n) is 16.3. The maximum atomic E-state index is 13.1. The van der Waals surface area contributed by atoms with Gasteiger partial charge in [0.05, 0.1) is 18.6 Å². The number of halogens is 1. The standard InChI is InChI=1S/C25H21ClO4/c26-19-13-14-22-21(17-19)23(27)25(24(30-22)18-9-3-1-4-10-18)29-16-8-7-15-28-20-11-5-2-6-12-20/h1-6,9-14,17H,7-8,15-16H2. The molecule has 0 spiro atoms. The average molecular weight is 421 g/mol. The number of hydrogen-bond donors (Lipinski definition) is 0. The Morgan fingerprint density at radius 3 is 2.20 bits per heavy atom. The van der Waals surface area contributed by atoms with Crippen molar-refractivity contribution >= 4 is 22.6 Å². The molecule has 0 fully saturated rings. The Balaban J connectivity index is 1.50. The Morgan fingerprint density at radius 2 is 1.47 bits per heavy atom. The van der Waals surface area contributed by atoms with Crippen LogP contribution in [0.3, 0.4) is 0 Å². The quantitative estimate of drug-likeness (QED) is 0.311. The molecule has 0 amide bonds. The monoisotopic (exact) mass is 420 g/mol. The molecule has 1 aromatic heterocycles. The Kier molecular flexibility index (Phi) is 6.35. The highest BCUT2D eigenvalue weighted by molar-refractivity contribution is 6.31. The molecule has 5 heteroatoms. The van der Waals surface area contributed by atoms with Crippen molar-refractivity contribution in [2.45, 2.75) is 12.8 Å². The number of hydrogen-bond acceptors (Lipinski definition) is 4. The second kappa shape index (κ2) is 9.51. The summed E-state index contributed by atoms with van der Waals surface area (Å²) in [5.41, 5.74) is 1.04. The van der Waals surface area contributed by atoms with E-state index in [2.05, 4.69) is 0 Å². The minimum Gasteiger partial charge on any atom is -0.494 e. The fraction of sp³-hybridized carbons (Fsp3) is 0.160. The molecule has 0 bridgehead atoms. The van der Waals surface area contributed by atoms with Crippen molar-refractivity contribution in [3.8, 4) is 22.8 Å². The van der Waals surface area contributed by atoms with Gasteiger partial charge in [0.1, 0.15) is 11.3 Å². The summed E-state index contributed by atoms with van der Waals surface area (Å²) in [6.07, 6.45) is 1.55. The van der Waals surface area contributed by atoms with Crippen LogP contribution >= 0.6 is 11.6 Å². The largest absolute Gasteiger partial charge is 0.494 e. The van der Waals surface area contributed by atoms with Crippen molar-refractivity contribution in [3.63, 3.8) is 0 Å². The van der Waals surface area contributed by atoms with E-state index in [1.54, 1.807) is 18.2 Å². The zero-order chi connectivity index (χ0) is 20.8. The van der Waals surface area contributed by atoms with Crippen molar-refractivity contribution in [2.24, 2.45) is 0 Å². The molecular formula is C25H21ClO4. The normalized spacial score (nSPS) is 10.8. The van der Waals surface area contributed by atoms with Crippen LogP contribution in [-0.4, -0.2) is 13.2 Å².